The summed E-state index contributed by atoms with van der Waals surface area (Å²) in [6.07, 6.45) is 0. The van der Waals surface area contributed by atoms with E-state index in [9.17, 15) is 0 Å². The minimum Gasteiger partial charge on any atom is -0.0610 e. The molecule has 0 saturated heterocycles. The molecule has 0 nitrogen and oxygen atoms in total. The first-order chi connectivity index (χ1) is 14.2. The van der Waals surface area contributed by atoms with Crippen LogP contribution in [0.15, 0.2) is 24.3 Å². The van der Waals surface area contributed by atoms with Crippen molar-refractivity contribution in [3.8, 4) is 11.8 Å². The zero-order valence-corrected chi connectivity index (χ0v) is 23.3. The van der Waals surface area contributed by atoms with Crippen LogP contribution >= 0.6 is 0 Å². The molecule has 0 aliphatic carbocycles. The Hall–Kier alpha value is -2.00. The summed E-state index contributed by atoms with van der Waals surface area (Å²) in [6.45, 7) is 31.9. The Labute approximate surface area is 199 Å². The molecule has 174 valence electrons. The van der Waals surface area contributed by atoms with E-state index in [1.807, 2.05) is 0 Å². The van der Waals surface area contributed by atoms with E-state index in [4.69, 9.17) is 0 Å². The minimum atomic E-state index is 0.0357. The molecule has 2 rings (SSSR count). The molecule has 0 aliphatic rings. The van der Waals surface area contributed by atoms with E-state index in [0.717, 1.165) is 0 Å². The molecular formula is C32H46. The van der Waals surface area contributed by atoms with Crippen molar-refractivity contribution in [1.29, 1.82) is 0 Å². The third-order valence-corrected chi connectivity index (χ3v) is 6.33. The van der Waals surface area contributed by atoms with Crippen molar-refractivity contribution >= 4 is 0 Å². The Morgan fingerprint density at radius 1 is 0.438 bits per heavy atom. The lowest BCUT2D eigenvalue weighted by molar-refractivity contribution is 0.565. The Morgan fingerprint density at radius 2 is 0.719 bits per heavy atom. The van der Waals surface area contributed by atoms with Gasteiger partial charge in [0, 0.05) is 11.1 Å². The molecule has 0 radical (unpaired) electrons. The molecule has 0 spiro atoms. The van der Waals surface area contributed by atoms with Crippen molar-refractivity contribution in [2.75, 3.05) is 0 Å². The van der Waals surface area contributed by atoms with E-state index in [1.54, 1.807) is 0 Å². The Balaban J connectivity index is 2.82. The lowest BCUT2D eigenvalue weighted by atomic mass is 9.76. The largest absolute Gasteiger partial charge is 0.0610 e. The van der Waals surface area contributed by atoms with Crippen LogP contribution in [0.3, 0.4) is 0 Å². The number of aryl methyl sites for hydroxylation is 2. The molecule has 0 N–H and O–H groups in total. The van der Waals surface area contributed by atoms with E-state index < -0.39 is 0 Å². The summed E-state index contributed by atoms with van der Waals surface area (Å²) >= 11 is 0. The van der Waals surface area contributed by atoms with Crippen LogP contribution in [-0.4, -0.2) is 0 Å². The van der Waals surface area contributed by atoms with E-state index in [1.165, 1.54) is 44.5 Å². The van der Waals surface area contributed by atoms with Crippen LogP contribution in [0.5, 0.6) is 0 Å². The smallest absolute Gasteiger partial charge is 0.0315 e. The molecule has 0 fully saturated rings. The molecule has 0 heteroatoms. The summed E-state index contributed by atoms with van der Waals surface area (Å²) in [7, 11) is 0. The van der Waals surface area contributed by atoms with Crippen molar-refractivity contribution in [2.24, 2.45) is 0 Å². The number of hydrogen-bond acceptors (Lipinski definition) is 0. The van der Waals surface area contributed by atoms with Crippen LogP contribution in [0, 0.1) is 25.7 Å². The van der Waals surface area contributed by atoms with Gasteiger partial charge in [-0.1, -0.05) is 119 Å². The van der Waals surface area contributed by atoms with Gasteiger partial charge < -0.3 is 0 Å². The highest BCUT2D eigenvalue weighted by atomic mass is 14.3. The van der Waals surface area contributed by atoms with Gasteiger partial charge in [0.15, 0.2) is 0 Å². The van der Waals surface area contributed by atoms with Gasteiger partial charge in [-0.25, -0.2) is 0 Å². The predicted molar refractivity (Wildman–Crippen MR) is 143 cm³/mol. The fraction of sp³-hybridized carbons (Fsp3) is 0.562. The SMILES string of the molecule is Cc1cc(C(C)(C)C)cc(C(C)(C)C)c1C#Cc1c(C)cc(C(C)(C)C)cc1C(C)(C)C. The van der Waals surface area contributed by atoms with Gasteiger partial charge in [0.05, 0.1) is 0 Å². The van der Waals surface area contributed by atoms with Crippen LogP contribution in [0.1, 0.15) is 128 Å². The summed E-state index contributed by atoms with van der Waals surface area (Å²) in [4.78, 5) is 0. The lowest BCUT2D eigenvalue weighted by Crippen LogP contribution is -2.19. The molecule has 32 heavy (non-hydrogen) atoms. The molecule has 0 amide bonds. The maximum atomic E-state index is 3.64. The van der Waals surface area contributed by atoms with Crippen LogP contribution in [0.4, 0.5) is 0 Å². The molecular weight excluding hydrogens is 384 g/mol. The van der Waals surface area contributed by atoms with Gasteiger partial charge in [0.1, 0.15) is 0 Å². The van der Waals surface area contributed by atoms with Gasteiger partial charge in [-0.3, -0.25) is 0 Å². The van der Waals surface area contributed by atoms with Crippen LogP contribution in [0.2, 0.25) is 0 Å². The molecule has 0 aromatic heterocycles. The highest BCUT2D eigenvalue weighted by molar-refractivity contribution is 5.58. The quantitative estimate of drug-likeness (QED) is 0.366. The van der Waals surface area contributed by atoms with Crippen molar-refractivity contribution < 1.29 is 0 Å². The summed E-state index contributed by atoms with van der Waals surface area (Å²) in [5, 5.41) is 0. The van der Waals surface area contributed by atoms with Gasteiger partial charge in [0.2, 0.25) is 0 Å². The van der Waals surface area contributed by atoms with E-state index in [0.29, 0.717) is 0 Å². The lowest BCUT2D eigenvalue weighted by Gasteiger charge is -2.28. The van der Waals surface area contributed by atoms with Crippen molar-refractivity contribution in [2.45, 2.75) is 119 Å². The average Bonchev–Trinajstić information content (AvgIpc) is 2.57. The van der Waals surface area contributed by atoms with Crippen molar-refractivity contribution in [3.05, 3.63) is 68.8 Å². The van der Waals surface area contributed by atoms with Gasteiger partial charge in [-0.15, -0.1) is 0 Å². The Kier molecular flexibility index (Phi) is 6.90. The van der Waals surface area contributed by atoms with Gasteiger partial charge in [-0.2, -0.15) is 0 Å². The van der Waals surface area contributed by atoms with Crippen molar-refractivity contribution in [3.63, 3.8) is 0 Å². The molecule has 0 bridgehead atoms. The molecule has 0 saturated carbocycles. The highest BCUT2D eigenvalue weighted by Gasteiger charge is 2.25. The molecule has 0 heterocycles. The second kappa shape index (κ2) is 8.41. The first kappa shape index (κ1) is 26.3. The average molecular weight is 431 g/mol. The van der Waals surface area contributed by atoms with Gasteiger partial charge in [-0.05, 0) is 68.9 Å². The van der Waals surface area contributed by atoms with Gasteiger partial charge in [0.25, 0.3) is 0 Å². The van der Waals surface area contributed by atoms with Crippen LogP contribution in [0.25, 0.3) is 0 Å². The molecule has 0 atom stereocenters. The monoisotopic (exact) mass is 430 g/mol. The molecule has 0 aliphatic heterocycles. The Morgan fingerprint density at radius 3 is 0.938 bits per heavy atom. The highest BCUT2D eigenvalue weighted by Crippen LogP contribution is 2.35. The van der Waals surface area contributed by atoms with E-state index in [2.05, 4.69) is 133 Å². The molecule has 2 aromatic rings. The summed E-state index contributed by atoms with van der Waals surface area (Å²) < 4.78 is 0. The summed E-state index contributed by atoms with van der Waals surface area (Å²) in [6, 6.07) is 9.44. The summed E-state index contributed by atoms with van der Waals surface area (Å²) in [5.74, 6) is 7.29. The number of benzene rings is 2. The molecule has 0 unspecified atom stereocenters. The summed E-state index contributed by atoms with van der Waals surface area (Å²) in [5.41, 5.74) is 10.7. The number of rotatable bonds is 0. The third kappa shape index (κ3) is 5.86. The minimum absolute atomic E-state index is 0.0357. The number of hydrogen-bond donors (Lipinski definition) is 0. The van der Waals surface area contributed by atoms with Crippen molar-refractivity contribution in [1.82, 2.24) is 0 Å². The standard InChI is InChI=1S/C32H46/c1-21-17-23(29(3,4)5)19-27(31(9,10)11)25(21)15-16-26-22(2)18-24(30(6,7)8)20-28(26)32(12,13)14/h17-20H,1-14H3. The van der Waals surface area contributed by atoms with Crippen LogP contribution < -0.4 is 0 Å². The fourth-order valence-electron chi connectivity index (χ4n) is 4.08. The zero-order chi connectivity index (χ0) is 24.9. The normalized spacial score (nSPS) is 13.1. The topological polar surface area (TPSA) is 0 Å². The van der Waals surface area contributed by atoms with E-state index in [-0.39, 0.29) is 21.7 Å². The van der Waals surface area contributed by atoms with E-state index >= 15 is 0 Å². The van der Waals surface area contributed by atoms with Crippen LogP contribution in [-0.2, 0) is 21.7 Å². The fourth-order valence-corrected chi connectivity index (χ4v) is 4.08. The Bertz CT molecular complexity index is 968. The maximum Gasteiger partial charge on any atom is 0.0315 e. The van der Waals surface area contributed by atoms with Gasteiger partial charge >= 0.3 is 0 Å². The predicted octanol–water partition coefficient (Wildman–Crippen LogP) is 8.89. The first-order valence-corrected chi connectivity index (χ1v) is 12.1. The third-order valence-electron chi connectivity index (χ3n) is 6.33. The molecule has 2 aromatic carbocycles. The second-order valence-electron chi connectivity index (χ2n) is 13.7. The second-order valence-corrected chi connectivity index (χ2v) is 13.7. The maximum absolute atomic E-state index is 3.64. The first-order valence-electron chi connectivity index (χ1n) is 12.1. The zero-order valence-electron chi connectivity index (χ0n) is 23.3.